The Hall–Kier alpha value is -0.940. The molecule has 21 heavy (non-hydrogen) atoms. The minimum Gasteiger partial charge on any atom is -0.377 e. The van der Waals surface area contributed by atoms with Crippen LogP contribution in [0.15, 0.2) is 18.2 Å². The van der Waals surface area contributed by atoms with Crippen molar-refractivity contribution in [1.29, 1.82) is 0 Å². The highest BCUT2D eigenvalue weighted by Gasteiger charge is 2.34. The van der Waals surface area contributed by atoms with Crippen LogP contribution >= 0.6 is 11.6 Å². The van der Waals surface area contributed by atoms with Crippen LogP contribution in [0.5, 0.6) is 0 Å². The van der Waals surface area contributed by atoms with Crippen LogP contribution < -0.4 is 4.90 Å². The normalized spacial score (nSPS) is 19.9. The number of rotatable bonds is 4. The summed E-state index contributed by atoms with van der Waals surface area (Å²) in [5.41, 5.74) is 0.0559. The standard InChI is InChI=1S/C15H19ClF3NO/c1-2-21-13-4-3-7-20(10-13)12-6-5-11(9-16)14(8-12)15(17,18)19/h5-6,8,13H,2-4,7,9-10H2,1H3. The van der Waals surface area contributed by atoms with Gasteiger partial charge in [0.15, 0.2) is 0 Å². The number of benzene rings is 1. The van der Waals surface area contributed by atoms with Gasteiger partial charge >= 0.3 is 6.18 Å². The van der Waals surface area contributed by atoms with Crippen LogP contribution in [0.2, 0.25) is 0 Å². The largest absolute Gasteiger partial charge is 0.416 e. The van der Waals surface area contributed by atoms with Gasteiger partial charge in [-0.3, -0.25) is 0 Å². The Labute approximate surface area is 127 Å². The Morgan fingerprint density at radius 1 is 1.38 bits per heavy atom. The molecule has 118 valence electrons. The topological polar surface area (TPSA) is 12.5 Å². The van der Waals surface area contributed by atoms with Crippen LogP contribution in [0.4, 0.5) is 18.9 Å². The van der Waals surface area contributed by atoms with E-state index in [9.17, 15) is 13.2 Å². The van der Waals surface area contributed by atoms with Gasteiger partial charge in [0, 0.05) is 31.3 Å². The SMILES string of the molecule is CCOC1CCCN(c2ccc(CCl)c(C(F)(F)F)c2)C1. The van der Waals surface area contributed by atoms with Crippen molar-refractivity contribution in [3.8, 4) is 0 Å². The fourth-order valence-corrected chi connectivity index (χ4v) is 2.92. The molecule has 0 radical (unpaired) electrons. The van der Waals surface area contributed by atoms with E-state index in [1.807, 2.05) is 11.8 Å². The van der Waals surface area contributed by atoms with Crippen molar-refractivity contribution in [1.82, 2.24) is 0 Å². The molecule has 0 N–H and O–H groups in total. The fourth-order valence-electron chi connectivity index (χ4n) is 2.69. The number of halogens is 4. The molecule has 0 amide bonds. The summed E-state index contributed by atoms with van der Waals surface area (Å²) in [7, 11) is 0. The summed E-state index contributed by atoms with van der Waals surface area (Å²) in [4.78, 5) is 1.96. The molecule has 1 aliphatic heterocycles. The second-order valence-corrected chi connectivity index (χ2v) is 5.41. The molecule has 0 spiro atoms. The minimum atomic E-state index is -4.38. The lowest BCUT2D eigenvalue weighted by Gasteiger charge is -2.34. The molecule has 1 aliphatic rings. The molecule has 1 heterocycles. The summed E-state index contributed by atoms with van der Waals surface area (Å²) in [5, 5.41) is 0. The summed E-state index contributed by atoms with van der Waals surface area (Å²) in [6, 6.07) is 4.38. The third-order valence-corrected chi connectivity index (χ3v) is 3.98. The van der Waals surface area contributed by atoms with E-state index in [4.69, 9.17) is 16.3 Å². The van der Waals surface area contributed by atoms with Gasteiger partial charge in [0.1, 0.15) is 0 Å². The number of piperidine rings is 1. The number of ether oxygens (including phenoxy) is 1. The third-order valence-electron chi connectivity index (χ3n) is 3.69. The summed E-state index contributed by atoms with van der Waals surface area (Å²) in [6.07, 6.45) is -2.42. The van der Waals surface area contributed by atoms with Crippen molar-refractivity contribution in [2.75, 3.05) is 24.6 Å². The van der Waals surface area contributed by atoms with Gasteiger partial charge in [-0.05, 0) is 37.5 Å². The average molecular weight is 322 g/mol. The van der Waals surface area contributed by atoms with Crippen molar-refractivity contribution >= 4 is 17.3 Å². The highest BCUT2D eigenvalue weighted by Crippen LogP contribution is 2.36. The van der Waals surface area contributed by atoms with Crippen LogP contribution in [-0.2, 0) is 16.8 Å². The molecule has 1 aromatic carbocycles. The van der Waals surface area contributed by atoms with Gasteiger partial charge in [0.2, 0.25) is 0 Å². The van der Waals surface area contributed by atoms with Gasteiger partial charge in [-0.1, -0.05) is 6.07 Å². The van der Waals surface area contributed by atoms with E-state index >= 15 is 0 Å². The van der Waals surface area contributed by atoms with Crippen molar-refractivity contribution < 1.29 is 17.9 Å². The zero-order chi connectivity index (χ0) is 15.5. The highest BCUT2D eigenvalue weighted by molar-refractivity contribution is 6.17. The molecule has 1 saturated heterocycles. The first-order valence-electron chi connectivity index (χ1n) is 7.08. The monoisotopic (exact) mass is 321 g/mol. The zero-order valence-corrected chi connectivity index (χ0v) is 12.7. The van der Waals surface area contributed by atoms with Crippen LogP contribution in [-0.4, -0.2) is 25.8 Å². The van der Waals surface area contributed by atoms with Crippen LogP contribution in [0.3, 0.4) is 0 Å². The van der Waals surface area contributed by atoms with Crippen LogP contribution in [0, 0.1) is 0 Å². The summed E-state index contributed by atoms with van der Waals surface area (Å²) in [6.45, 7) is 3.93. The number of nitrogens with zero attached hydrogens (tertiary/aromatic N) is 1. The van der Waals surface area contributed by atoms with Gasteiger partial charge in [0.05, 0.1) is 11.7 Å². The van der Waals surface area contributed by atoms with E-state index < -0.39 is 11.7 Å². The van der Waals surface area contributed by atoms with Crippen molar-refractivity contribution in [3.63, 3.8) is 0 Å². The van der Waals surface area contributed by atoms with Crippen molar-refractivity contribution in [3.05, 3.63) is 29.3 Å². The predicted molar refractivity (Wildman–Crippen MR) is 77.9 cm³/mol. The van der Waals surface area contributed by atoms with Gasteiger partial charge in [-0.15, -0.1) is 11.6 Å². The molecule has 1 atom stereocenters. The van der Waals surface area contributed by atoms with E-state index in [2.05, 4.69) is 0 Å². The van der Waals surface area contributed by atoms with Gasteiger partial charge in [-0.2, -0.15) is 13.2 Å². The number of anilines is 1. The summed E-state index contributed by atoms with van der Waals surface area (Å²) >= 11 is 5.61. The van der Waals surface area contributed by atoms with E-state index in [-0.39, 0.29) is 17.5 Å². The molecular weight excluding hydrogens is 303 g/mol. The minimum absolute atomic E-state index is 0.0887. The van der Waals surface area contributed by atoms with Crippen LogP contribution in [0.1, 0.15) is 30.9 Å². The molecule has 6 heteroatoms. The van der Waals surface area contributed by atoms with E-state index in [1.54, 1.807) is 6.07 Å². The fraction of sp³-hybridized carbons (Fsp3) is 0.600. The molecule has 0 bridgehead atoms. The molecular formula is C15H19ClF3NO. The molecule has 1 aromatic rings. The Morgan fingerprint density at radius 2 is 2.14 bits per heavy atom. The maximum Gasteiger partial charge on any atom is 0.416 e. The number of alkyl halides is 4. The quantitative estimate of drug-likeness (QED) is 0.760. The van der Waals surface area contributed by atoms with Crippen molar-refractivity contribution in [2.45, 2.75) is 37.9 Å². The molecule has 0 aromatic heterocycles. The Balaban J connectivity index is 2.24. The highest BCUT2D eigenvalue weighted by atomic mass is 35.5. The smallest absolute Gasteiger partial charge is 0.377 e. The first-order valence-corrected chi connectivity index (χ1v) is 7.61. The molecule has 1 unspecified atom stereocenters. The average Bonchev–Trinajstić information content (AvgIpc) is 2.46. The van der Waals surface area contributed by atoms with Gasteiger partial charge in [-0.25, -0.2) is 0 Å². The number of hydrogen-bond donors (Lipinski definition) is 0. The van der Waals surface area contributed by atoms with E-state index in [1.165, 1.54) is 12.1 Å². The van der Waals surface area contributed by atoms with E-state index in [0.717, 1.165) is 19.4 Å². The number of hydrogen-bond acceptors (Lipinski definition) is 2. The van der Waals surface area contributed by atoms with Gasteiger partial charge in [0.25, 0.3) is 0 Å². The summed E-state index contributed by atoms with van der Waals surface area (Å²) in [5.74, 6) is -0.142. The van der Waals surface area contributed by atoms with Gasteiger partial charge < -0.3 is 9.64 Å². The second-order valence-electron chi connectivity index (χ2n) is 5.14. The molecule has 0 aliphatic carbocycles. The Kier molecular flexibility index (Phi) is 5.38. The van der Waals surface area contributed by atoms with E-state index in [0.29, 0.717) is 18.8 Å². The lowest BCUT2D eigenvalue weighted by Crippen LogP contribution is -2.39. The van der Waals surface area contributed by atoms with Crippen LogP contribution in [0.25, 0.3) is 0 Å². The molecule has 1 fully saturated rings. The lowest BCUT2D eigenvalue weighted by atomic mass is 10.0. The third kappa shape index (κ3) is 4.04. The maximum absolute atomic E-state index is 13.1. The second kappa shape index (κ2) is 6.88. The first kappa shape index (κ1) is 16.4. The molecule has 0 saturated carbocycles. The maximum atomic E-state index is 13.1. The predicted octanol–water partition coefficient (Wildman–Crippen LogP) is 4.45. The first-order chi connectivity index (χ1) is 9.95. The molecule has 2 nitrogen and oxygen atoms in total. The Morgan fingerprint density at radius 3 is 2.76 bits per heavy atom. The van der Waals surface area contributed by atoms with Crippen molar-refractivity contribution in [2.24, 2.45) is 0 Å². The lowest BCUT2D eigenvalue weighted by molar-refractivity contribution is -0.138. The zero-order valence-electron chi connectivity index (χ0n) is 11.9. The molecule has 2 rings (SSSR count). The summed E-state index contributed by atoms with van der Waals surface area (Å²) < 4.78 is 44.8. The Bertz CT molecular complexity index is 476.